The van der Waals surface area contributed by atoms with E-state index in [9.17, 15) is 9.59 Å². The zero-order valence-electron chi connectivity index (χ0n) is 9.43. The number of hydrogen-bond donors (Lipinski definition) is 0. The SMILES string of the molecule is CCOC(=O)COC(=O)C#Cc1ccccc1. The first kappa shape index (κ1) is 12.8. The van der Waals surface area contributed by atoms with Gasteiger partial charge in [-0.05, 0) is 19.1 Å². The molecule has 1 aromatic rings. The van der Waals surface area contributed by atoms with Crippen molar-refractivity contribution in [2.24, 2.45) is 0 Å². The third kappa shape index (κ3) is 5.38. The normalized spacial score (nSPS) is 8.76. The molecule has 0 unspecified atom stereocenters. The van der Waals surface area contributed by atoms with Gasteiger partial charge in [-0.25, -0.2) is 9.59 Å². The van der Waals surface area contributed by atoms with E-state index in [0.29, 0.717) is 5.56 Å². The van der Waals surface area contributed by atoms with Gasteiger partial charge in [0, 0.05) is 11.5 Å². The average Bonchev–Trinajstić information content (AvgIpc) is 2.35. The molecule has 0 spiro atoms. The Balaban J connectivity index is 2.40. The number of esters is 2. The standard InChI is InChI=1S/C13H12O4/c1-2-16-13(15)10-17-12(14)9-8-11-6-4-3-5-7-11/h3-7H,2,10H2,1H3. The van der Waals surface area contributed by atoms with Crippen LogP contribution in [0.15, 0.2) is 30.3 Å². The lowest BCUT2D eigenvalue weighted by atomic mass is 10.2. The van der Waals surface area contributed by atoms with Gasteiger partial charge in [-0.15, -0.1) is 0 Å². The summed E-state index contributed by atoms with van der Waals surface area (Å²) >= 11 is 0. The lowest BCUT2D eigenvalue weighted by molar-refractivity contribution is -0.155. The van der Waals surface area contributed by atoms with Crippen molar-refractivity contribution in [1.82, 2.24) is 0 Å². The molecular formula is C13H12O4. The summed E-state index contributed by atoms with van der Waals surface area (Å²) in [7, 11) is 0. The molecule has 0 amide bonds. The Morgan fingerprint density at radius 3 is 2.53 bits per heavy atom. The van der Waals surface area contributed by atoms with Crippen molar-refractivity contribution in [2.45, 2.75) is 6.92 Å². The molecule has 0 saturated heterocycles. The molecular weight excluding hydrogens is 220 g/mol. The Kier molecular flexibility index (Phi) is 5.32. The predicted molar refractivity (Wildman–Crippen MR) is 60.9 cm³/mol. The third-order valence-corrected chi connectivity index (χ3v) is 1.71. The van der Waals surface area contributed by atoms with Crippen LogP contribution in [-0.4, -0.2) is 25.2 Å². The van der Waals surface area contributed by atoms with Gasteiger partial charge in [0.05, 0.1) is 6.61 Å². The van der Waals surface area contributed by atoms with E-state index in [4.69, 9.17) is 0 Å². The Hall–Kier alpha value is -2.28. The largest absolute Gasteiger partial charge is 0.463 e. The van der Waals surface area contributed by atoms with Crippen LogP contribution in [-0.2, 0) is 19.1 Å². The van der Waals surface area contributed by atoms with E-state index in [2.05, 4.69) is 21.3 Å². The summed E-state index contributed by atoms with van der Waals surface area (Å²) in [6.45, 7) is 1.52. The molecule has 0 aliphatic rings. The molecule has 17 heavy (non-hydrogen) atoms. The minimum absolute atomic E-state index is 0.256. The molecule has 0 N–H and O–H groups in total. The number of ether oxygens (including phenoxy) is 2. The second kappa shape index (κ2) is 7.07. The van der Waals surface area contributed by atoms with Gasteiger partial charge in [0.2, 0.25) is 0 Å². The van der Waals surface area contributed by atoms with Crippen LogP contribution in [0.5, 0.6) is 0 Å². The molecule has 0 aromatic heterocycles. The maximum absolute atomic E-state index is 11.1. The van der Waals surface area contributed by atoms with Crippen LogP contribution in [0.25, 0.3) is 0 Å². The molecule has 0 bridgehead atoms. The number of benzene rings is 1. The molecule has 0 fully saturated rings. The number of rotatable bonds is 3. The first-order valence-corrected chi connectivity index (χ1v) is 5.12. The van der Waals surface area contributed by atoms with Gasteiger partial charge in [0.25, 0.3) is 0 Å². The van der Waals surface area contributed by atoms with E-state index >= 15 is 0 Å². The lowest BCUT2D eigenvalue weighted by Crippen LogP contribution is -2.15. The molecule has 1 aromatic carbocycles. The van der Waals surface area contributed by atoms with E-state index in [1.54, 1.807) is 19.1 Å². The van der Waals surface area contributed by atoms with Crippen molar-refractivity contribution < 1.29 is 19.1 Å². The molecule has 0 aliphatic carbocycles. The van der Waals surface area contributed by atoms with Gasteiger partial charge >= 0.3 is 11.9 Å². The second-order valence-electron chi connectivity index (χ2n) is 3.00. The van der Waals surface area contributed by atoms with Crippen molar-refractivity contribution in [3.05, 3.63) is 35.9 Å². The van der Waals surface area contributed by atoms with Crippen molar-refractivity contribution in [1.29, 1.82) is 0 Å². The van der Waals surface area contributed by atoms with E-state index < -0.39 is 18.5 Å². The number of carbonyl (C=O) groups excluding carboxylic acids is 2. The van der Waals surface area contributed by atoms with E-state index in [1.165, 1.54) is 0 Å². The zero-order chi connectivity index (χ0) is 12.5. The first-order valence-electron chi connectivity index (χ1n) is 5.12. The van der Waals surface area contributed by atoms with E-state index in [0.717, 1.165) is 0 Å². The van der Waals surface area contributed by atoms with Gasteiger partial charge in [-0.1, -0.05) is 24.1 Å². The summed E-state index contributed by atoms with van der Waals surface area (Å²) in [5, 5.41) is 0. The Bertz CT molecular complexity index is 439. The van der Waals surface area contributed by atoms with Crippen LogP contribution < -0.4 is 0 Å². The second-order valence-corrected chi connectivity index (χ2v) is 3.00. The Morgan fingerprint density at radius 2 is 1.88 bits per heavy atom. The molecule has 4 heteroatoms. The molecule has 0 atom stereocenters. The Morgan fingerprint density at radius 1 is 1.18 bits per heavy atom. The number of hydrogen-bond acceptors (Lipinski definition) is 4. The van der Waals surface area contributed by atoms with Crippen LogP contribution >= 0.6 is 0 Å². The fraction of sp³-hybridized carbons (Fsp3) is 0.231. The lowest BCUT2D eigenvalue weighted by Gasteiger charge is -2.00. The van der Waals surface area contributed by atoms with Crippen molar-refractivity contribution >= 4 is 11.9 Å². The van der Waals surface area contributed by atoms with Crippen LogP contribution in [0.2, 0.25) is 0 Å². The summed E-state index contributed by atoms with van der Waals surface area (Å²) in [6.07, 6.45) is 0. The summed E-state index contributed by atoms with van der Waals surface area (Å²) in [4.78, 5) is 22.0. The fourth-order valence-electron chi connectivity index (χ4n) is 1.01. The molecule has 4 nitrogen and oxygen atoms in total. The topological polar surface area (TPSA) is 52.6 Å². The fourth-order valence-corrected chi connectivity index (χ4v) is 1.01. The zero-order valence-corrected chi connectivity index (χ0v) is 9.43. The molecule has 0 heterocycles. The highest BCUT2D eigenvalue weighted by Gasteiger charge is 2.04. The van der Waals surface area contributed by atoms with Crippen LogP contribution in [0.4, 0.5) is 0 Å². The van der Waals surface area contributed by atoms with Crippen molar-refractivity contribution in [3.63, 3.8) is 0 Å². The highest BCUT2D eigenvalue weighted by Crippen LogP contribution is 1.94. The van der Waals surface area contributed by atoms with Gasteiger partial charge in [0.15, 0.2) is 6.61 Å². The molecule has 0 saturated carbocycles. The third-order valence-electron chi connectivity index (χ3n) is 1.71. The van der Waals surface area contributed by atoms with Gasteiger partial charge < -0.3 is 9.47 Å². The summed E-state index contributed by atoms with van der Waals surface area (Å²) in [5.41, 5.74) is 0.709. The molecule has 1 rings (SSSR count). The molecule has 0 radical (unpaired) electrons. The predicted octanol–water partition coefficient (Wildman–Crippen LogP) is 1.14. The maximum Gasteiger partial charge on any atom is 0.385 e. The minimum Gasteiger partial charge on any atom is -0.463 e. The van der Waals surface area contributed by atoms with Gasteiger partial charge in [-0.2, -0.15) is 0 Å². The summed E-state index contributed by atoms with van der Waals surface area (Å²) < 4.78 is 9.18. The van der Waals surface area contributed by atoms with Gasteiger partial charge in [-0.3, -0.25) is 0 Å². The van der Waals surface area contributed by atoms with Crippen molar-refractivity contribution in [2.75, 3.05) is 13.2 Å². The van der Waals surface area contributed by atoms with E-state index in [-0.39, 0.29) is 6.61 Å². The quantitative estimate of drug-likeness (QED) is 0.579. The minimum atomic E-state index is -0.748. The highest BCUT2D eigenvalue weighted by molar-refractivity contribution is 5.90. The van der Waals surface area contributed by atoms with Crippen LogP contribution in [0, 0.1) is 11.8 Å². The summed E-state index contributed by atoms with van der Waals surface area (Å²) in [5.74, 6) is 3.57. The van der Waals surface area contributed by atoms with Gasteiger partial charge in [0.1, 0.15) is 0 Å². The highest BCUT2D eigenvalue weighted by atomic mass is 16.6. The first-order chi connectivity index (χ1) is 8.22. The smallest absolute Gasteiger partial charge is 0.385 e. The molecule has 0 aliphatic heterocycles. The Labute approximate surface area is 99.5 Å². The van der Waals surface area contributed by atoms with Crippen molar-refractivity contribution in [3.8, 4) is 11.8 Å². The average molecular weight is 232 g/mol. The molecule has 88 valence electrons. The maximum atomic E-state index is 11.1. The number of carbonyl (C=O) groups is 2. The monoisotopic (exact) mass is 232 g/mol. The summed E-state index contributed by atoms with van der Waals surface area (Å²) in [6, 6.07) is 9.02. The van der Waals surface area contributed by atoms with E-state index in [1.807, 2.05) is 18.2 Å². The van der Waals surface area contributed by atoms with Crippen LogP contribution in [0.3, 0.4) is 0 Å². The van der Waals surface area contributed by atoms with Crippen LogP contribution in [0.1, 0.15) is 12.5 Å².